The first kappa shape index (κ1) is 28.8. The third-order valence-corrected chi connectivity index (χ3v) is 7.69. The highest BCUT2D eigenvalue weighted by Gasteiger charge is 2.22. The fourth-order valence-electron chi connectivity index (χ4n) is 2.15. The molecule has 178 valence electrons. The summed E-state index contributed by atoms with van der Waals surface area (Å²) in [6.45, 7) is 2.04. The van der Waals surface area contributed by atoms with Gasteiger partial charge in [0, 0.05) is 41.0 Å². The second-order valence-corrected chi connectivity index (χ2v) is 10.9. The second kappa shape index (κ2) is 15.6. The van der Waals surface area contributed by atoms with Crippen LogP contribution in [0.2, 0.25) is 0 Å². The normalized spacial score (nSPS) is 12.8. The summed E-state index contributed by atoms with van der Waals surface area (Å²) in [5.41, 5.74) is 0. The predicted molar refractivity (Wildman–Crippen MR) is 110 cm³/mol. The Morgan fingerprint density at radius 2 is 1.27 bits per heavy atom. The molecule has 0 fully saturated rings. The van der Waals surface area contributed by atoms with Gasteiger partial charge in [0.1, 0.15) is 13.2 Å². The minimum atomic E-state index is -3.20. The maximum Gasteiger partial charge on any atom is 0.407 e. The number of nitrogens with one attached hydrogen (secondary N) is 2. The van der Waals surface area contributed by atoms with E-state index in [0.29, 0.717) is 19.4 Å². The largest absolute Gasteiger partial charge is 0.449 e. The second-order valence-electron chi connectivity index (χ2n) is 6.14. The molecule has 0 radical (unpaired) electrons. The van der Waals surface area contributed by atoms with Crippen molar-refractivity contribution in [2.75, 3.05) is 60.5 Å². The van der Waals surface area contributed by atoms with Crippen LogP contribution in [-0.2, 0) is 36.7 Å². The zero-order valence-corrected chi connectivity index (χ0v) is 20.0. The molecule has 2 N–H and O–H groups in total. The first-order chi connectivity index (χ1) is 14.1. The molecule has 0 spiro atoms. The van der Waals surface area contributed by atoms with Gasteiger partial charge in [-0.2, -0.15) is 0 Å². The van der Waals surface area contributed by atoms with Crippen LogP contribution in [0.15, 0.2) is 0 Å². The highest BCUT2D eigenvalue weighted by atomic mass is 31.2. The van der Waals surface area contributed by atoms with Gasteiger partial charge in [-0.15, -0.1) is 0 Å². The third-order valence-electron chi connectivity index (χ3n) is 4.01. The molecular formula is C16H34N2O10P2. The van der Waals surface area contributed by atoms with Crippen LogP contribution in [0, 0.1) is 0 Å². The van der Waals surface area contributed by atoms with Crippen LogP contribution in [0.5, 0.6) is 0 Å². The van der Waals surface area contributed by atoms with Crippen molar-refractivity contribution in [1.29, 1.82) is 0 Å². The first-order valence-electron chi connectivity index (χ1n) is 9.38. The fourth-order valence-corrected chi connectivity index (χ4v) is 3.80. The van der Waals surface area contributed by atoms with Crippen molar-refractivity contribution in [3.05, 3.63) is 0 Å². The number of alkyl carbamates (subject to hydrolysis) is 2. The van der Waals surface area contributed by atoms with E-state index in [1.807, 2.05) is 6.92 Å². The minimum absolute atomic E-state index is 0.0266. The van der Waals surface area contributed by atoms with Gasteiger partial charge in [0.15, 0.2) is 0 Å². The Hall–Kier alpha value is -1.16. The topological polar surface area (TPSA) is 148 Å². The zero-order chi connectivity index (χ0) is 23.0. The lowest BCUT2D eigenvalue weighted by molar-refractivity contribution is 0.146. The van der Waals surface area contributed by atoms with Crippen LogP contribution in [0.3, 0.4) is 0 Å². The molecule has 0 rings (SSSR count). The van der Waals surface area contributed by atoms with Crippen molar-refractivity contribution >= 4 is 27.4 Å². The Morgan fingerprint density at radius 3 is 1.73 bits per heavy atom. The maximum absolute atomic E-state index is 11.8. The molecule has 0 heterocycles. The first-order valence-corrected chi connectivity index (χ1v) is 12.8. The van der Waals surface area contributed by atoms with Gasteiger partial charge >= 0.3 is 27.4 Å². The summed E-state index contributed by atoms with van der Waals surface area (Å²) in [4.78, 5) is 23.2. The van der Waals surface area contributed by atoms with Crippen LogP contribution in [0.25, 0.3) is 0 Å². The van der Waals surface area contributed by atoms with Gasteiger partial charge in [0.25, 0.3) is 0 Å². The van der Waals surface area contributed by atoms with Gasteiger partial charge in [0.05, 0.1) is 12.3 Å². The average Bonchev–Trinajstić information content (AvgIpc) is 2.73. The highest BCUT2D eigenvalue weighted by molar-refractivity contribution is 7.54. The number of amides is 2. The molecule has 1 atom stereocenters. The van der Waals surface area contributed by atoms with Gasteiger partial charge in [-0.05, 0) is 26.2 Å². The Labute approximate surface area is 177 Å². The van der Waals surface area contributed by atoms with E-state index in [1.165, 1.54) is 28.4 Å². The summed E-state index contributed by atoms with van der Waals surface area (Å²) in [7, 11) is -1.33. The summed E-state index contributed by atoms with van der Waals surface area (Å²) in [5.74, 6) is 0. The zero-order valence-electron chi connectivity index (χ0n) is 18.2. The van der Waals surface area contributed by atoms with E-state index in [2.05, 4.69) is 10.6 Å². The van der Waals surface area contributed by atoms with Crippen LogP contribution in [0.4, 0.5) is 9.59 Å². The quantitative estimate of drug-likeness (QED) is 0.252. The molecule has 30 heavy (non-hydrogen) atoms. The number of hydrogen-bond donors (Lipinski definition) is 2. The number of carbonyl (C=O) groups excluding carboxylic acids is 2. The number of unbranched alkanes of at least 4 members (excludes halogenated alkanes) is 1. The summed E-state index contributed by atoms with van der Waals surface area (Å²) in [6.07, 6.45) is 0.799. The van der Waals surface area contributed by atoms with E-state index in [1.54, 1.807) is 0 Å². The van der Waals surface area contributed by atoms with Gasteiger partial charge in [-0.1, -0.05) is 0 Å². The van der Waals surface area contributed by atoms with E-state index in [9.17, 15) is 18.7 Å². The van der Waals surface area contributed by atoms with Gasteiger partial charge < -0.3 is 38.2 Å². The van der Waals surface area contributed by atoms with Crippen molar-refractivity contribution in [2.24, 2.45) is 0 Å². The Morgan fingerprint density at radius 1 is 0.800 bits per heavy atom. The van der Waals surface area contributed by atoms with Gasteiger partial charge in [-0.3, -0.25) is 9.13 Å². The van der Waals surface area contributed by atoms with Crippen molar-refractivity contribution in [3.63, 3.8) is 0 Å². The van der Waals surface area contributed by atoms with Gasteiger partial charge in [0.2, 0.25) is 0 Å². The molecule has 2 amide bonds. The fraction of sp³-hybridized carbons (Fsp3) is 0.875. The van der Waals surface area contributed by atoms with Gasteiger partial charge in [-0.25, -0.2) is 9.59 Å². The summed E-state index contributed by atoms with van der Waals surface area (Å²) in [6, 6.07) is -0.140. The lowest BCUT2D eigenvalue weighted by Gasteiger charge is -2.16. The predicted octanol–water partition coefficient (Wildman–Crippen LogP) is 2.97. The van der Waals surface area contributed by atoms with E-state index >= 15 is 0 Å². The van der Waals surface area contributed by atoms with Crippen LogP contribution in [0.1, 0.15) is 26.2 Å². The third kappa shape index (κ3) is 13.2. The van der Waals surface area contributed by atoms with Crippen LogP contribution in [-0.4, -0.2) is 78.7 Å². The van der Waals surface area contributed by atoms with E-state index in [0.717, 1.165) is 6.42 Å². The van der Waals surface area contributed by atoms with E-state index in [-0.39, 0.29) is 31.6 Å². The lowest BCUT2D eigenvalue weighted by Crippen LogP contribution is -2.33. The van der Waals surface area contributed by atoms with Crippen molar-refractivity contribution in [2.45, 2.75) is 32.2 Å². The standard InChI is InChI=1S/C16H34N2O10P2/c1-14(18-16(20)28-11-13-30(22,25-4)26-5)8-6-7-9-17-15(19)27-10-12-29(21,23-2)24-3/h14H,6-13H2,1-5H3,(H,17,19)(H,18,20). The minimum Gasteiger partial charge on any atom is -0.449 e. The molecule has 0 bridgehead atoms. The number of rotatable bonds is 16. The molecule has 0 aliphatic heterocycles. The maximum atomic E-state index is 11.8. The molecule has 0 aliphatic carbocycles. The Kier molecular flexibility index (Phi) is 15.0. The number of hydrogen-bond acceptors (Lipinski definition) is 10. The van der Waals surface area contributed by atoms with Crippen molar-refractivity contribution < 1.29 is 46.3 Å². The summed E-state index contributed by atoms with van der Waals surface area (Å²) >= 11 is 0. The molecule has 0 aromatic rings. The number of ether oxygens (including phenoxy) is 2. The molecule has 0 aromatic carbocycles. The van der Waals surface area contributed by atoms with Crippen molar-refractivity contribution in [1.82, 2.24) is 10.6 Å². The monoisotopic (exact) mass is 476 g/mol. The molecule has 14 heteroatoms. The van der Waals surface area contributed by atoms with E-state index < -0.39 is 27.4 Å². The molecule has 12 nitrogen and oxygen atoms in total. The summed E-state index contributed by atoms with van der Waals surface area (Å²) in [5, 5.41) is 5.24. The average molecular weight is 476 g/mol. The Bertz CT molecular complexity index is 589. The van der Waals surface area contributed by atoms with Crippen LogP contribution < -0.4 is 10.6 Å². The lowest BCUT2D eigenvalue weighted by atomic mass is 10.1. The Balaban J connectivity index is 3.80. The molecule has 0 aliphatic rings. The molecule has 0 aromatic heterocycles. The molecular weight excluding hydrogens is 442 g/mol. The van der Waals surface area contributed by atoms with Crippen LogP contribution >= 0.6 is 15.2 Å². The molecule has 1 unspecified atom stereocenters. The SMILES string of the molecule is COP(=O)(CCOC(=O)NCCCCC(C)NC(=O)OCCP(=O)(OC)OC)OC. The molecule has 0 saturated heterocycles. The number of carbonyl (C=O) groups is 2. The van der Waals surface area contributed by atoms with E-state index in [4.69, 9.17) is 27.6 Å². The highest BCUT2D eigenvalue weighted by Crippen LogP contribution is 2.46. The smallest absolute Gasteiger partial charge is 0.407 e. The summed E-state index contributed by atoms with van der Waals surface area (Å²) < 4.78 is 52.4. The molecule has 0 saturated carbocycles. The van der Waals surface area contributed by atoms with Crippen molar-refractivity contribution in [3.8, 4) is 0 Å².